The van der Waals surface area contributed by atoms with Crippen LogP contribution in [0.1, 0.15) is 5.56 Å². The summed E-state index contributed by atoms with van der Waals surface area (Å²) in [6.45, 7) is 0.847. The van der Waals surface area contributed by atoms with Gasteiger partial charge in [0, 0.05) is 30.8 Å². The van der Waals surface area contributed by atoms with Gasteiger partial charge in [0.1, 0.15) is 11.5 Å². The van der Waals surface area contributed by atoms with Gasteiger partial charge in [-0.15, -0.1) is 0 Å². The number of anilines is 1. The smallest absolute Gasteiger partial charge is 0.414 e. The molecule has 3 N–H and O–H groups in total. The number of carboxylic acid groups (broad SMARTS) is 2. The van der Waals surface area contributed by atoms with Crippen molar-refractivity contribution < 1.29 is 38.7 Å². The second kappa shape index (κ2) is 10.3. The molecule has 1 aliphatic rings. The highest BCUT2D eigenvalue weighted by molar-refractivity contribution is 6.27. The number of carboxylic acids is 2. The van der Waals surface area contributed by atoms with Crippen LogP contribution in [0.25, 0.3) is 11.3 Å². The summed E-state index contributed by atoms with van der Waals surface area (Å²) < 4.78 is 23.5. The molecule has 0 unspecified atom stereocenters. The van der Waals surface area contributed by atoms with E-state index in [-0.39, 0.29) is 6.79 Å². The Balaban J connectivity index is 0.000000454. The summed E-state index contributed by atoms with van der Waals surface area (Å²) in [6.07, 6.45) is 1.84. The number of methoxy groups -OCH3 is 2. The third kappa shape index (κ3) is 5.45. The molecule has 0 radical (unpaired) electrons. The van der Waals surface area contributed by atoms with Crippen molar-refractivity contribution in [2.45, 2.75) is 6.54 Å². The van der Waals surface area contributed by atoms with Gasteiger partial charge >= 0.3 is 11.9 Å². The molecule has 0 atom stereocenters. The van der Waals surface area contributed by atoms with Crippen molar-refractivity contribution in [3.63, 3.8) is 0 Å². The summed E-state index contributed by atoms with van der Waals surface area (Å²) in [5, 5.41) is 18.1. The minimum atomic E-state index is -1.82. The molecule has 1 aliphatic heterocycles. The van der Waals surface area contributed by atoms with Gasteiger partial charge in [-0.1, -0.05) is 0 Å². The van der Waals surface area contributed by atoms with Crippen LogP contribution in [0.15, 0.2) is 42.6 Å². The van der Waals surface area contributed by atoms with E-state index in [0.717, 1.165) is 45.8 Å². The normalized spacial score (nSPS) is 11.2. The molecule has 4 rings (SSSR count). The number of benzene rings is 2. The Kier molecular flexibility index (Phi) is 7.24. The number of rotatable bonds is 6. The number of nitrogens with zero attached hydrogens (tertiary/aromatic N) is 2. The lowest BCUT2D eigenvalue weighted by molar-refractivity contribution is -0.159. The Morgan fingerprint density at radius 1 is 1.06 bits per heavy atom. The van der Waals surface area contributed by atoms with E-state index in [4.69, 9.17) is 38.7 Å². The number of ether oxygens (including phenoxy) is 4. The first-order valence-corrected chi connectivity index (χ1v) is 9.66. The average molecular weight is 457 g/mol. The molecule has 2 heterocycles. The zero-order valence-corrected chi connectivity index (χ0v) is 18.2. The Morgan fingerprint density at radius 2 is 1.79 bits per heavy atom. The molecule has 0 fully saturated rings. The molecular formula is C22H23N3O8. The average Bonchev–Trinajstić information content (AvgIpc) is 3.43. The molecule has 0 bridgehead atoms. The standard InChI is InChI=1S/C20H21N3O4.C2H2O4/c1-23-16(13-5-7-17-19(8-13)27-12-26-17)11-22-20(23)21-10-14-4-6-15(24-2)9-18(14)25-3;3-1(4)2(5)6/h4-9,11H,10,12H2,1-3H3,(H,21,22);(H,3,4)(H,5,6). The third-order valence-corrected chi connectivity index (χ3v) is 4.77. The lowest BCUT2D eigenvalue weighted by Gasteiger charge is -2.12. The van der Waals surface area contributed by atoms with Gasteiger partial charge in [0.05, 0.1) is 26.1 Å². The maximum atomic E-state index is 9.10. The number of aromatic nitrogens is 2. The van der Waals surface area contributed by atoms with Crippen LogP contribution < -0.4 is 24.3 Å². The second-order valence-corrected chi connectivity index (χ2v) is 6.74. The second-order valence-electron chi connectivity index (χ2n) is 6.74. The molecule has 11 heteroatoms. The number of fused-ring (bicyclic) bond motifs is 1. The topological polar surface area (TPSA) is 141 Å². The van der Waals surface area contributed by atoms with E-state index in [2.05, 4.69) is 10.3 Å². The lowest BCUT2D eigenvalue weighted by Crippen LogP contribution is -2.09. The Labute approximate surface area is 189 Å². The van der Waals surface area contributed by atoms with Crippen LogP contribution in [0, 0.1) is 0 Å². The van der Waals surface area contributed by atoms with E-state index >= 15 is 0 Å². The van der Waals surface area contributed by atoms with Crippen LogP contribution in [-0.4, -0.2) is 52.7 Å². The number of hydrogen-bond donors (Lipinski definition) is 3. The summed E-state index contributed by atoms with van der Waals surface area (Å²) in [4.78, 5) is 22.7. The van der Waals surface area contributed by atoms with Gasteiger partial charge in [-0.2, -0.15) is 0 Å². The summed E-state index contributed by atoms with van der Waals surface area (Å²) in [6, 6.07) is 11.6. The van der Waals surface area contributed by atoms with Crippen LogP contribution in [0.3, 0.4) is 0 Å². The first-order chi connectivity index (χ1) is 15.8. The third-order valence-electron chi connectivity index (χ3n) is 4.77. The summed E-state index contributed by atoms with van der Waals surface area (Å²) in [5.41, 5.74) is 3.02. The quantitative estimate of drug-likeness (QED) is 0.473. The lowest BCUT2D eigenvalue weighted by atomic mass is 10.1. The minimum Gasteiger partial charge on any atom is -0.497 e. The van der Waals surface area contributed by atoms with Gasteiger partial charge in [0.25, 0.3) is 0 Å². The number of aliphatic carboxylic acids is 2. The summed E-state index contributed by atoms with van der Waals surface area (Å²) in [5.74, 6) is 0.173. The minimum absolute atomic E-state index is 0.265. The Bertz CT molecular complexity index is 1150. The van der Waals surface area contributed by atoms with Gasteiger partial charge in [0.15, 0.2) is 11.5 Å². The molecule has 0 saturated carbocycles. The van der Waals surface area contributed by atoms with Crippen molar-refractivity contribution >= 4 is 17.9 Å². The molecule has 33 heavy (non-hydrogen) atoms. The molecular weight excluding hydrogens is 434 g/mol. The van der Waals surface area contributed by atoms with Crippen LogP contribution >= 0.6 is 0 Å². The predicted molar refractivity (Wildman–Crippen MR) is 117 cm³/mol. The maximum Gasteiger partial charge on any atom is 0.414 e. The molecule has 174 valence electrons. The fourth-order valence-corrected chi connectivity index (χ4v) is 3.07. The number of nitrogens with one attached hydrogen (secondary N) is 1. The van der Waals surface area contributed by atoms with E-state index in [0.29, 0.717) is 6.54 Å². The fourth-order valence-electron chi connectivity index (χ4n) is 3.07. The highest BCUT2D eigenvalue weighted by atomic mass is 16.7. The predicted octanol–water partition coefficient (Wildman–Crippen LogP) is 2.60. The van der Waals surface area contributed by atoms with Crippen LogP contribution in [0.2, 0.25) is 0 Å². The van der Waals surface area contributed by atoms with E-state index < -0.39 is 11.9 Å². The van der Waals surface area contributed by atoms with Crippen molar-refractivity contribution in [2.24, 2.45) is 7.05 Å². The zero-order chi connectivity index (χ0) is 24.0. The number of imidazole rings is 1. The van der Waals surface area contributed by atoms with Crippen LogP contribution in [-0.2, 0) is 23.2 Å². The van der Waals surface area contributed by atoms with Gasteiger partial charge in [-0.05, 0) is 30.3 Å². The van der Waals surface area contributed by atoms with Crippen molar-refractivity contribution in [1.82, 2.24) is 9.55 Å². The fraction of sp³-hybridized carbons (Fsp3) is 0.227. The highest BCUT2D eigenvalue weighted by Gasteiger charge is 2.16. The van der Waals surface area contributed by atoms with E-state index in [1.807, 2.05) is 54.2 Å². The number of hydrogen-bond acceptors (Lipinski definition) is 8. The largest absolute Gasteiger partial charge is 0.497 e. The molecule has 2 aromatic carbocycles. The monoisotopic (exact) mass is 457 g/mol. The SMILES string of the molecule is COc1ccc(CNc2ncc(-c3ccc4c(c3)OCO4)n2C)c(OC)c1.O=C(O)C(=O)O. The Hall–Kier alpha value is -4.41. The zero-order valence-electron chi connectivity index (χ0n) is 18.2. The van der Waals surface area contributed by atoms with Crippen LogP contribution in [0.5, 0.6) is 23.0 Å². The summed E-state index contributed by atoms with van der Waals surface area (Å²) >= 11 is 0. The molecule has 0 amide bonds. The maximum absolute atomic E-state index is 9.10. The van der Waals surface area contributed by atoms with Crippen LogP contribution in [0.4, 0.5) is 5.95 Å². The first kappa shape index (κ1) is 23.3. The summed E-state index contributed by atoms with van der Waals surface area (Å²) in [7, 11) is 5.26. The van der Waals surface area contributed by atoms with Crippen molar-refractivity contribution in [1.29, 1.82) is 0 Å². The molecule has 0 spiro atoms. The number of carbonyl (C=O) groups is 2. The van der Waals surface area contributed by atoms with Crippen molar-refractivity contribution in [3.05, 3.63) is 48.2 Å². The van der Waals surface area contributed by atoms with Crippen molar-refractivity contribution in [3.8, 4) is 34.3 Å². The van der Waals surface area contributed by atoms with Gasteiger partial charge in [0.2, 0.25) is 12.7 Å². The Morgan fingerprint density at radius 3 is 2.45 bits per heavy atom. The molecule has 0 aliphatic carbocycles. The van der Waals surface area contributed by atoms with Crippen molar-refractivity contribution in [2.75, 3.05) is 26.3 Å². The van der Waals surface area contributed by atoms with E-state index in [1.54, 1.807) is 14.2 Å². The first-order valence-electron chi connectivity index (χ1n) is 9.66. The highest BCUT2D eigenvalue weighted by Crippen LogP contribution is 2.36. The van der Waals surface area contributed by atoms with E-state index in [9.17, 15) is 0 Å². The molecule has 11 nitrogen and oxygen atoms in total. The molecule has 1 aromatic heterocycles. The van der Waals surface area contributed by atoms with Gasteiger partial charge < -0.3 is 39.0 Å². The van der Waals surface area contributed by atoms with E-state index in [1.165, 1.54) is 0 Å². The molecule has 3 aromatic rings. The molecule has 0 saturated heterocycles. The van der Waals surface area contributed by atoms with Gasteiger partial charge in [-0.25, -0.2) is 14.6 Å². The van der Waals surface area contributed by atoms with Gasteiger partial charge in [-0.3, -0.25) is 0 Å².